The van der Waals surface area contributed by atoms with Crippen LogP contribution in [0.15, 0.2) is 52.4 Å². The van der Waals surface area contributed by atoms with Crippen molar-refractivity contribution in [1.82, 2.24) is 9.80 Å². The minimum atomic E-state index is -1.15. The van der Waals surface area contributed by atoms with E-state index in [1.165, 1.54) is 0 Å². The second-order valence-electron chi connectivity index (χ2n) is 8.00. The Kier molecular flexibility index (Phi) is 4.60. The van der Waals surface area contributed by atoms with Crippen LogP contribution in [0.2, 0.25) is 5.02 Å². The summed E-state index contributed by atoms with van der Waals surface area (Å²) in [7, 11) is 0. The average molecular weight is 425 g/mol. The highest BCUT2D eigenvalue weighted by molar-refractivity contribution is 6.30. The van der Waals surface area contributed by atoms with Gasteiger partial charge in [-0.15, -0.1) is 0 Å². The van der Waals surface area contributed by atoms with Gasteiger partial charge in [-0.25, -0.2) is 0 Å². The van der Waals surface area contributed by atoms with E-state index >= 15 is 0 Å². The molecule has 0 spiro atoms. The predicted octanol–water partition coefficient (Wildman–Crippen LogP) is 1.10. The zero-order chi connectivity index (χ0) is 20.9. The first-order chi connectivity index (χ1) is 14.4. The monoisotopic (exact) mass is 424 g/mol. The fraction of sp³-hybridized carbons (Fsp3) is 0.364. The Morgan fingerprint density at radius 1 is 0.933 bits per heavy atom. The van der Waals surface area contributed by atoms with Crippen LogP contribution in [0.5, 0.6) is 0 Å². The second kappa shape index (κ2) is 7.18. The average Bonchev–Trinajstić information content (AvgIpc) is 3.38. The molecule has 2 heterocycles. The summed E-state index contributed by atoms with van der Waals surface area (Å²) in [6, 6.07) is 12.8. The zero-order valence-corrected chi connectivity index (χ0v) is 17.0. The number of fused-ring (bicyclic) bond motifs is 1. The third kappa shape index (κ3) is 3.48. The number of halogens is 1. The van der Waals surface area contributed by atoms with E-state index in [4.69, 9.17) is 11.6 Å². The van der Waals surface area contributed by atoms with Gasteiger partial charge in [0.05, 0.1) is 10.7 Å². The lowest BCUT2D eigenvalue weighted by atomic mass is 10.1. The minimum Gasteiger partial charge on any atom is -0.380 e. The standard InChI is InChI=1S/C22H21ClN4O3/c23-16-5-6-17-18(13-16)25-19(24-17)14-1-3-15(4-2-14)20(28)26-9-11-27(12-10-26)21(29)22(30)7-8-22/h1-6,13,19,30H,7-12H2. The van der Waals surface area contributed by atoms with Gasteiger partial charge in [0.15, 0.2) is 6.17 Å². The smallest absolute Gasteiger partial charge is 0.254 e. The number of hydrogen-bond donors (Lipinski definition) is 1. The molecule has 30 heavy (non-hydrogen) atoms. The van der Waals surface area contributed by atoms with Gasteiger partial charge in [-0.05, 0) is 48.7 Å². The van der Waals surface area contributed by atoms with Crippen LogP contribution in [0.25, 0.3) is 0 Å². The van der Waals surface area contributed by atoms with Gasteiger partial charge in [-0.2, -0.15) is 0 Å². The summed E-state index contributed by atoms with van der Waals surface area (Å²) in [5, 5.41) is 12.2. The number of rotatable bonds is 3. The third-order valence-electron chi connectivity index (χ3n) is 5.89. The van der Waals surface area contributed by atoms with E-state index in [1.807, 2.05) is 18.2 Å². The van der Waals surface area contributed by atoms with Gasteiger partial charge < -0.3 is 14.9 Å². The van der Waals surface area contributed by atoms with Gasteiger partial charge in [0.1, 0.15) is 5.60 Å². The first kappa shape index (κ1) is 19.2. The Balaban J connectivity index is 1.24. The summed E-state index contributed by atoms with van der Waals surface area (Å²) in [5.41, 5.74) is 0.355. The number of piperazine rings is 1. The van der Waals surface area contributed by atoms with Gasteiger partial charge in [-0.3, -0.25) is 19.6 Å². The lowest BCUT2D eigenvalue weighted by Gasteiger charge is -2.35. The Hall–Kier alpha value is -2.77. The number of amides is 2. The molecule has 2 aliphatic heterocycles. The summed E-state index contributed by atoms with van der Waals surface area (Å²) in [6.45, 7) is 1.83. The predicted molar refractivity (Wildman–Crippen MR) is 110 cm³/mol. The van der Waals surface area contributed by atoms with Gasteiger partial charge in [-0.1, -0.05) is 23.7 Å². The van der Waals surface area contributed by atoms with Crippen LogP contribution >= 0.6 is 11.6 Å². The summed E-state index contributed by atoms with van der Waals surface area (Å²) in [4.78, 5) is 37.7. The molecule has 0 radical (unpaired) electrons. The van der Waals surface area contributed by atoms with Crippen LogP contribution in [0.3, 0.4) is 0 Å². The van der Waals surface area contributed by atoms with Crippen LogP contribution in [0.4, 0.5) is 0 Å². The normalized spacial score (nSPS) is 21.5. The number of nitrogens with zero attached hydrogens (tertiary/aromatic N) is 4. The molecule has 7 nitrogen and oxygen atoms in total. The van der Waals surface area contributed by atoms with E-state index in [-0.39, 0.29) is 18.0 Å². The molecular weight excluding hydrogens is 404 g/mol. The van der Waals surface area contributed by atoms with E-state index in [0.717, 1.165) is 16.3 Å². The molecule has 1 N–H and O–H groups in total. The van der Waals surface area contributed by atoms with Crippen LogP contribution in [-0.2, 0) is 4.79 Å². The maximum Gasteiger partial charge on any atom is 0.254 e. The second-order valence-corrected chi connectivity index (χ2v) is 8.44. The molecule has 3 aliphatic rings. The quantitative estimate of drug-likeness (QED) is 0.800. The van der Waals surface area contributed by atoms with Crippen LogP contribution in [0.1, 0.15) is 34.9 Å². The first-order valence-corrected chi connectivity index (χ1v) is 10.4. The van der Waals surface area contributed by atoms with Crippen molar-refractivity contribution in [2.24, 2.45) is 9.98 Å². The van der Waals surface area contributed by atoms with E-state index in [1.54, 1.807) is 34.1 Å². The van der Waals surface area contributed by atoms with E-state index in [0.29, 0.717) is 49.6 Å². The lowest BCUT2D eigenvalue weighted by molar-refractivity contribution is -0.143. The minimum absolute atomic E-state index is 0.0610. The number of hydrogen-bond acceptors (Lipinski definition) is 5. The zero-order valence-electron chi connectivity index (χ0n) is 16.3. The van der Waals surface area contributed by atoms with Crippen molar-refractivity contribution in [3.8, 4) is 0 Å². The molecular formula is C22H21ClN4O3. The lowest BCUT2D eigenvalue weighted by Crippen LogP contribution is -2.53. The summed E-state index contributed by atoms with van der Waals surface area (Å²) >= 11 is 6.02. The fourth-order valence-electron chi connectivity index (χ4n) is 3.87. The maximum absolute atomic E-state index is 12.8. The Morgan fingerprint density at radius 2 is 1.57 bits per heavy atom. The van der Waals surface area contributed by atoms with E-state index in [2.05, 4.69) is 9.98 Å². The van der Waals surface area contributed by atoms with Gasteiger partial charge in [0.25, 0.3) is 11.8 Å². The van der Waals surface area contributed by atoms with Crippen molar-refractivity contribution >= 4 is 23.4 Å². The molecule has 1 unspecified atom stereocenters. The van der Waals surface area contributed by atoms with Crippen molar-refractivity contribution in [3.63, 3.8) is 0 Å². The van der Waals surface area contributed by atoms with Gasteiger partial charge in [0.2, 0.25) is 0 Å². The van der Waals surface area contributed by atoms with Crippen LogP contribution < -0.4 is 10.7 Å². The molecule has 1 aliphatic carbocycles. The summed E-state index contributed by atoms with van der Waals surface area (Å²) < 4.78 is 0. The number of carbonyl (C=O) groups excluding carboxylic acids is 2. The molecule has 1 saturated carbocycles. The molecule has 0 bridgehead atoms. The SMILES string of the molecule is O=C(c1ccc(C2N=c3ccc(Cl)cc3=N2)cc1)N1CCN(C(=O)C2(O)CC2)CC1. The Morgan fingerprint density at radius 3 is 2.23 bits per heavy atom. The van der Waals surface area contributed by atoms with Crippen LogP contribution in [0, 0.1) is 0 Å². The summed E-state index contributed by atoms with van der Waals surface area (Å²) in [6.07, 6.45) is 0.745. The van der Waals surface area contributed by atoms with Crippen molar-refractivity contribution in [3.05, 3.63) is 69.3 Å². The molecule has 2 aromatic carbocycles. The van der Waals surface area contributed by atoms with E-state index < -0.39 is 5.60 Å². The molecule has 0 aromatic heterocycles. The fourth-order valence-corrected chi connectivity index (χ4v) is 4.04. The van der Waals surface area contributed by atoms with Gasteiger partial charge in [0, 0.05) is 36.8 Å². The highest BCUT2D eigenvalue weighted by Gasteiger charge is 2.50. The molecule has 2 fully saturated rings. The third-order valence-corrected chi connectivity index (χ3v) is 6.13. The highest BCUT2D eigenvalue weighted by atomic mass is 35.5. The molecule has 1 atom stereocenters. The Labute approximate surface area is 178 Å². The maximum atomic E-state index is 12.8. The Bertz CT molecular complexity index is 1140. The first-order valence-electron chi connectivity index (χ1n) is 10.1. The van der Waals surface area contributed by atoms with Gasteiger partial charge >= 0.3 is 0 Å². The largest absolute Gasteiger partial charge is 0.380 e. The van der Waals surface area contributed by atoms with Crippen LogP contribution in [-0.4, -0.2) is 58.5 Å². The molecule has 154 valence electrons. The molecule has 5 rings (SSSR count). The molecule has 8 heteroatoms. The molecule has 2 amide bonds. The van der Waals surface area contributed by atoms with Crippen molar-refractivity contribution < 1.29 is 14.7 Å². The van der Waals surface area contributed by atoms with Crippen molar-refractivity contribution in [2.45, 2.75) is 24.6 Å². The van der Waals surface area contributed by atoms with Crippen molar-refractivity contribution in [2.75, 3.05) is 26.2 Å². The number of benzene rings is 2. The van der Waals surface area contributed by atoms with E-state index in [9.17, 15) is 14.7 Å². The molecule has 1 saturated heterocycles. The number of carbonyl (C=O) groups is 2. The number of aliphatic hydroxyl groups is 1. The molecule has 2 aromatic rings. The topological polar surface area (TPSA) is 85.6 Å². The summed E-state index contributed by atoms with van der Waals surface area (Å²) in [5.74, 6) is -0.264. The highest BCUT2D eigenvalue weighted by Crippen LogP contribution is 2.37. The van der Waals surface area contributed by atoms with Crippen molar-refractivity contribution in [1.29, 1.82) is 0 Å².